The third-order valence-electron chi connectivity index (χ3n) is 3.42. The van der Waals surface area contributed by atoms with Gasteiger partial charge in [0.1, 0.15) is 6.10 Å². The Morgan fingerprint density at radius 1 is 1.16 bits per heavy atom. The maximum Gasteiger partial charge on any atom is 0.157 e. The van der Waals surface area contributed by atoms with Gasteiger partial charge in [-0.15, -0.1) is 0 Å². The van der Waals surface area contributed by atoms with E-state index >= 15 is 0 Å². The van der Waals surface area contributed by atoms with Crippen molar-refractivity contribution in [2.45, 2.75) is 53.6 Å². The predicted molar refractivity (Wildman–Crippen MR) is 78.1 cm³/mol. The van der Waals surface area contributed by atoms with E-state index in [4.69, 9.17) is 10.5 Å². The van der Waals surface area contributed by atoms with Crippen molar-refractivity contribution in [2.75, 3.05) is 13.2 Å². The zero-order valence-corrected chi connectivity index (χ0v) is 12.9. The van der Waals surface area contributed by atoms with Crippen LogP contribution >= 0.6 is 0 Å². The van der Waals surface area contributed by atoms with Crippen LogP contribution < -0.4 is 5.73 Å². The van der Waals surface area contributed by atoms with Gasteiger partial charge in [-0.25, -0.2) is 9.97 Å². The first kappa shape index (κ1) is 16.1. The number of aryl methyl sites for hydroxylation is 2. The van der Waals surface area contributed by atoms with Crippen molar-refractivity contribution in [2.24, 2.45) is 11.7 Å². The first-order chi connectivity index (χ1) is 9.03. The molecule has 19 heavy (non-hydrogen) atoms. The van der Waals surface area contributed by atoms with Crippen LogP contribution in [0.25, 0.3) is 0 Å². The van der Waals surface area contributed by atoms with Crippen molar-refractivity contribution < 1.29 is 4.74 Å². The summed E-state index contributed by atoms with van der Waals surface area (Å²) in [4.78, 5) is 9.27. The average molecular weight is 265 g/mol. The molecule has 0 aliphatic heterocycles. The van der Waals surface area contributed by atoms with Crippen molar-refractivity contribution in [3.63, 3.8) is 0 Å². The minimum Gasteiger partial charge on any atom is -0.371 e. The standard InChI is InChI=1S/C15H27N3O/c1-6-14(19-7-2)15-17-11(4)13(12(5)18-15)8-10(3)9-16/h10,14H,6-9,16H2,1-5H3. The first-order valence-corrected chi connectivity index (χ1v) is 7.19. The van der Waals surface area contributed by atoms with E-state index in [1.807, 2.05) is 6.92 Å². The molecule has 0 saturated heterocycles. The van der Waals surface area contributed by atoms with Gasteiger partial charge in [0.2, 0.25) is 0 Å². The Morgan fingerprint density at radius 3 is 2.16 bits per heavy atom. The fourth-order valence-corrected chi connectivity index (χ4v) is 2.21. The molecule has 0 aliphatic rings. The fraction of sp³-hybridized carbons (Fsp3) is 0.733. The molecule has 2 unspecified atom stereocenters. The molecule has 1 aromatic heterocycles. The Balaban J connectivity index is 3.01. The van der Waals surface area contributed by atoms with Gasteiger partial charge in [-0.1, -0.05) is 13.8 Å². The van der Waals surface area contributed by atoms with E-state index in [0.717, 1.165) is 30.1 Å². The van der Waals surface area contributed by atoms with Crippen molar-refractivity contribution in [3.8, 4) is 0 Å². The van der Waals surface area contributed by atoms with E-state index in [1.165, 1.54) is 5.56 Å². The number of nitrogens with zero attached hydrogens (tertiary/aromatic N) is 2. The Kier molecular flexibility index (Phi) is 6.38. The van der Waals surface area contributed by atoms with Crippen LogP contribution in [0.3, 0.4) is 0 Å². The average Bonchev–Trinajstić information content (AvgIpc) is 2.39. The molecule has 0 bridgehead atoms. The fourth-order valence-electron chi connectivity index (χ4n) is 2.21. The Morgan fingerprint density at radius 2 is 1.74 bits per heavy atom. The van der Waals surface area contributed by atoms with E-state index in [0.29, 0.717) is 19.1 Å². The van der Waals surface area contributed by atoms with E-state index in [9.17, 15) is 0 Å². The SMILES string of the molecule is CCOC(CC)c1nc(C)c(CC(C)CN)c(C)n1. The highest BCUT2D eigenvalue weighted by Gasteiger charge is 2.17. The van der Waals surface area contributed by atoms with Crippen LogP contribution in [0.1, 0.15) is 56.1 Å². The number of ether oxygens (including phenoxy) is 1. The van der Waals surface area contributed by atoms with Crippen molar-refractivity contribution in [1.82, 2.24) is 9.97 Å². The lowest BCUT2D eigenvalue weighted by Gasteiger charge is -2.18. The largest absolute Gasteiger partial charge is 0.371 e. The summed E-state index contributed by atoms with van der Waals surface area (Å²) in [6.45, 7) is 11.7. The second-order valence-electron chi connectivity index (χ2n) is 5.13. The zero-order valence-electron chi connectivity index (χ0n) is 12.9. The van der Waals surface area contributed by atoms with Crippen molar-refractivity contribution >= 4 is 0 Å². The molecule has 0 aliphatic carbocycles. The summed E-state index contributed by atoms with van der Waals surface area (Å²) in [5.74, 6) is 1.27. The highest BCUT2D eigenvalue weighted by Crippen LogP contribution is 2.21. The van der Waals surface area contributed by atoms with Crippen LogP contribution in [0.4, 0.5) is 0 Å². The number of hydrogen-bond acceptors (Lipinski definition) is 4. The third kappa shape index (κ3) is 4.25. The Bertz CT molecular complexity index is 383. The number of nitrogens with two attached hydrogens (primary N) is 1. The lowest BCUT2D eigenvalue weighted by molar-refractivity contribution is 0.0532. The summed E-state index contributed by atoms with van der Waals surface area (Å²) >= 11 is 0. The van der Waals surface area contributed by atoms with Crippen molar-refractivity contribution in [1.29, 1.82) is 0 Å². The molecule has 0 aromatic carbocycles. The van der Waals surface area contributed by atoms with E-state index in [1.54, 1.807) is 0 Å². The van der Waals surface area contributed by atoms with Gasteiger partial charge in [-0.2, -0.15) is 0 Å². The highest BCUT2D eigenvalue weighted by molar-refractivity contribution is 5.25. The van der Waals surface area contributed by atoms with Crippen LogP contribution in [0, 0.1) is 19.8 Å². The smallest absolute Gasteiger partial charge is 0.157 e. The summed E-state index contributed by atoms with van der Waals surface area (Å²) in [6.07, 6.45) is 1.84. The maximum atomic E-state index is 5.70. The summed E-state index contributed by atoms with van der Waals surface area (Å²) in [6, 6.07) is 0. The summed E-state index contributed by atoms with van der Waals surface area (Å²) in [7, 11) is 0. The molecule has 4 nitrogen and oxygen atoms in total. The second kappa shape index (κ2) is 7.56. The Hall–Kier alpha value is -1.00. The monoisotopic (exact) mass is 265 g/mol. The molecule has 1 aromatic rings. The normalized spacial score (nSPS) is 14.4. The topological polar surface area (TPSA) is 61.0 Å². The van der Waals surface area contributed by atoms with Crippen LogP contribution in [-0.4, -0.2) is 23.1 Å². The van der Waals surface area contributed by atoms with Gasteiger partial charge in [-0.05, 0) is 51.6 Å². The quantitative estimate of drug-likeness (QED) is 0.823. The molecule has 2 N–H and O–H groups in total. The molecular weight excluding hydrogens is 238 g/mol. The second-order valence-corrected chi connectivity index (χ2v) is 5.13. The minimum absolute atomic E-state index is 0.00313. The van der Waals surface area contributed by atoms with Crippen molar-refractivity contribution in [3.05, 3.63) is 22.8 Å². The minimum atomic E-state index is 0.00313. The van der Waals surface area contributed by atoms with Crippen LogP contribution in [0.5, 0.6) is 0 Å². The molecule has 0 amide bonds. The zero-order chi connectivity index (χ0) is 14.4. The molecule has 1 heterocycles. The van der Waals surface area contributed by atoms with Gasteiger partial charge < -0.3 is 10.5 Å². The maximum absolute atomic E-state index is 5.70. The van der Waals surface area contributed by atoms with Gasteiger partial charge in [0.05, 0.1) is 0 Å². The van der Waals surface area contributed by atoms with Gasteiger partial charge in [0.25, 0.3) is 0 Å². The molecular formula is C15H27N3O. The van der Waals surface area contributed by atoms with Gasteiger partial charge >= 0.3 is 0 Å². The number of rotatable bonds is 7. The molecule has 4 heteroatoms. The first-order valence-electron chi connectivity index (χ1n) is 7.19. The molecule has 0 fully saturated rings. The molecule has 108 valence electrons. The van der Waals surface area contributed by atoms with E-state index in [-0.39, 0.29) is 6.10 Å². The van der Waals surface area contributed by atoms with Crippen LogP contribution in [-0.2, 0) is 11.2 Å². The number of aromatic nitrogens is 2. The van der Waals surface area contributed by atoms with Crippen LogP contribution in [0.15, 0.2) is 0 Å². The Labute approximate surface area is 116 Å². The van der Waals surface area contributed by atoms with Gasteiger partial charge in [-0.3, -0.25) is 0 Å². The summed E-state index contributed by atoms with van der Waals surface area (Å²) in [5, 5.41) is 0. The molecule has 0 radical (unpaired) electrons. The molecule has 2 atom stereocenters. The van der Waals surface area contributed by atoms with E-state index in [2.05, 4.69) is 37.7 Å². The molecule has 0 saturated carbocycles. The molecule has 1 rings (SSSR count). The lowest BCUT2D eigenvalue weighted by atomic mass is 9.99. The van der Waals surface area contributed by atoms with Crippen LogP contribution in [0.2, 0.25) is 0 Å². The highest BCUT2D eigenvalue weighted by atomic mass is 16.5. The lowest BCUT2D eigenvalue weighted by Crippen LogP contribution is -2.17. The summed E-state index contributed by atoms with van der Waals surface area (Å²) < 4.78 is 5.68. The third-order valence-corrected chi connectivity index (χ3v) is 3.42. The van der Waals surface area contributed by atoms with Gasteiger partial charge in [0.15, 0.2) is 5.82 Å². The number of hydrogen-bond donors (Lipinski definition) is 1. The predicted octanol–water partition coefficient (Wildman–Crippen LogP) is 2.72. The summed E-state index contributed by atoms with van der Waals surface area (Å²) in [5.41, 5.74) is 9.04. The molecule has 0 spiro atoms. The van der Waals surface area contributed by atoms with Gasteiger partial charge in [0, 0.05) is 18.0 Å². The van der Waals surface area contributed by atoms with E-state index < -0.39 is 0 Å².